The van der Waals surface area contributed by atoms with Crippen LogP contribution < -0.4 is 0 Å². The Bertz CT molecular complexity index is 6500. The summed E-state index contributed by atoms with van der Waals surface area (Å²) in [6.07, 6.45) is 33.6. The summed E-state index contributed by atoms with van der Waals surface area (Å²) >= 11 is 0. The van der Waals surface area contributed by atoms with Crippen LogP contribution in [-0.2, 0) is 0 Å². The van der Waals surface area contributed by atoms with Gasteiger partial charge in [-0.1, -0.05) is 145 Å². The van der Waals surface area contributed by atoms with Crippen LogP contribution in [-0.4, -0.2) is 29.9 Å². The monoisotopic (exact) mass is 1380 g/mol. The lowest BCUT2D eigenvalue weighted by molar-refractivity contribution is 1.43. The Kier molecular flexibility index (Phi) is 22.4. The number of rotatable bonds is 0. The van der Waals surface area contributed by atoms with Crippen LogP contribution in [0, 0.1) is 219 Å². The van der Waals surface area contributed by atoms with E-state index in [4.69, 9.17) is 25.7 Å². The number of pyridine rings is 6. The van der Waals surface area contributed by atoms with Crippen LogP contribution >= 0.6 is 0 Å². The van der Waals surface area contributed by atoms with Crippen molar-refractivity contribution in [3.8, 4) is 73.1 Å². The predicted molar refractivity (Wildman–Crippen MR) is 437 cm³/mol. The lowest BCUT2D eigenvalue weighted by Gasteiger charge is -1.91. The third kappa shape index (κ3) is 20.3. The van der Waals surface area contributed by atoms with Gasteiger partial charge in [-0.25, -0.2) is 29.9 Å². The number of nitrogens with zero attached hydrogens (tertiary/aromatic N) is 6. The zero-order valence-corrected chi connectivity index (χ0v) is 58.8. The predicted octanol–water partition coefficient (Wildman–Crippen LogP) is 19.6. The molecule has 492 valence electrons. The van der Waals surface area contributed by atoms with Gasteiger partial charge in [0.15, 0.2) is 0 Å². The Hall–Kier alpha value is -17.7. The molecule has 15 aromatic heterocycles. The van der Waals surface area contributed by atoms with E-state index >= 15 is 0 Å². The molecule has 22 rings (SSSR count). The molecule has 110 heavy (non-hydrogen) atoms. The second kappa shape index (κ2) is 34.8. The van der Waals surface area contributed by atoms with Crippen LogP contribution in [0.4, 0.5) is 0 Å². The van der Waals surface area contributed by atoms with Gasteiger partial charge < -0.3 is 0 Å². The van der Waals surface area contributed by atoms with Crippen molar-refractivity contribution in [3.63, 3.8) is 0 Å². The lowest BCUT2D eigenvalue weighted by atomic mass is 10.1. The van der Waals surface area contributed by atoms with Gasteiger partial charge in [0.25, 0.3) is 0 Å². The van der Waals surface area contributed by atoms with Crippen molar-refractivity contribution >= 4 is 130 Å². The highest BCUT2D eigenvalue weighted by Gasteiger charge is 1.98. The number of hydrogen-bond acceptors (Lipinski definition) is 6. The first-order valence-corrected chi connectivity index (χ1v) is 33.6. The fourth-order valence-electron chi connectivity index (χ4n) is 10.3. The quantitative estimate of drug-likeness (QED) is 0.141. The van der Waals surface area contributed by atoms with Crippen molar-refractivity contribution in [1.29, 1.82) is 0 Å². The topological polar surface area (TPSA) is 77.3 Å². The zero-order chi connectivity index (χ0) is 75.6. The maximum atomic E-state index is 5.89. The van der Waals surface area contributed by atoms with Crippen molar-refractivity contribution in [2.45, 2.75) is 13.8 Å². The van der Waals surface area contributed by atoms with E-state index in [0.717, 1.165) is 32.7 Å². The summed E-state index contributed by atoms with van der Waals surface area (Å²) in [5.74, 6) is 23.1. The van der Waals surface area contributed by atoms with Gasteiger partial charge in [-0.15, -0.1) is 37.5 Å². The molecule has 0 radical (unpaired) electrons. The molecule has 0 saturated carbocycles. The Morgan fingerprint density at radius 2 is 0.327 bits per heavy atom. The summed E-state index contributed by atoms with van der Waals surface area (Å²) in [5.41, 5.74) is 7.36. The Morgan fingerprint density at radius 3 is 0.464 bits per heavy atom. The van der Waals surface area contributed by atoms with Crippen LogP contribution in [0.15, 0.2) is 219 Å². The van der Waals surface area contributed by atoms with E-state index in [2.05, 4.69) is 223 Å². The first-order chi connectivity index (χ1) is 54.0. The molecule has 0 aliphatic heterocycles. The standard InChI is InChI=1S/C104H46N6/c1-7-13-85-59-90-24-18-82-30-42-100(108-72-82)46-34-94-55-77(11-5)53-89(65-94)23-17-81-29-41-103(107-71-81)49-37-97-58-78(12-6)57-96(68-97)36-48-102-40-28-80(70-106-102)16-22-88-51-75(9-3)54-93(63-88)33-45-99-39-27-79(69-105-99)15-21-87-52-76(10-4)56-95(64-87)35-47-101-43-31-84(73-109-101)20-26-92-61-86(14-8-2)62-98(67-92)38-50-104-44-32-83(74-110-104)19-25-91(60-85)66-90/h3-6,27-32,39-44,51-74H,1-2H3. The average Bonchev–Trinajstić information content (AvgIpc) is 0.860. The SMILES string of the molecule is C#Cc1cc2c#cc3ccc(c#cc4cc(C#C)cc(c#cc5ccc(c#cc6cc(C#C)cc(c#cc7ccc(c#cc8cc(C#C)cc(c#cc9ccc(c#cc%10cc(C#CC)cc(c#cc%11ccc(c#cc%12cc(C#CC)cc(c#cc%13ccc(c#cc(c1)c2)nc%13)c%12)cn%11)c%10)cn9)c8)cn7)c6)cn5)c4)nc3. The van der Waals surface area contributed by atoms with E-state index in [1.807, 2.05) is 164 Å². The van der Waals surface area contributed by atoms with Crippen molar-refractivity contribution in [3.05, 3.63) is 398 Å². The Balaban J connectivity index is 0.832. The maximum absolute atomic E-state index is 5.89. The van der Waals surface area contributed by atoms with Crippen LogP contribution in [0.3, 0.4) is 0 Å². The highest BCUT2D eigenvalue weighted by molar-refractivity contribution is 5.76. The van der Waals surface area contributed by atoms with Gasteiger partial charge in [-0.05, 0) is 232 Å². The van der Waals surface area contributed by atoms with Gasteiger partial charge in [-0.3, -0.25) is 0 Å². The third-order valence-corrected chi connectivity index (χ3v) is 15.5. The maximum Gasteiger partial charge on any atom is 0.113 e. The molecule has 0 aliphatic carbocycles. The van der Waals surface area contributed by atoms with Gasteiger partial charge in [0, 0.05) is 168 Å². The summed E-state index contributed by atoms with van der Waals surface area (Å²) in [6, 6.07) is 132. The minimum Gasteiger partial charge on any atom is -0.246 e. The minimum absolute atomic E-state index is 0.537. The molecule has 0 atom stereocenters. The van der Waals surface area contributed by atoms with E-state index in [-0.39, 0.29) is 0 Å². The molecule has 0 saturated heterocycles. The molecule has 15 heterocycles. The largest absolute Gasteiger partial charge is 0.246 e. The number of aromatic nitrogens is 6. The Labute approximate surface area is 640 Å². The Morgan fingerprint density at radius 1 is 0.182 bits per heavy atom. The van der Waals surface area contributed by atoms with Gasteiger partial charge in [0.05, 0.1) is 0 Å². The van der Waals surface area contributed by atoms with Crippen LogP contribution in [0.2, 0.25) is 0 Å². The number of benzene rings is 6. The molecular formula is C104H46N6. The average molecular weight is 1380 g/mol. The highest BCUT2D eigenvalue weighted by Crippen LogP contribution is 2.16. The van der Waals surface area contributed by atoms with Gasteiger partial charge >= 0.3 is 0 Å². The van der Waals surface area contributed by atoms with Crippen molar-refractivity contribution < 1.29 is 0 Å². The molecule has 22 aromatic rings. The van der Waals surface area contributed by atoms with E-state index < -0.39 is 0 Å². The van der Waals surface area contributed by atoms with Crippen LogP contribution in [0.5, 0.6) is 0 Å². The smallest absolute Gasteiger partial charge is 0.113 e. The van der Waals surface area contributed by atoms with E-state index in [0.29, 0.717) is 131 Å². The summed E-state index contributed by atoms with van der Waals surface area (Å²) in [4.78, 5) is 27.5. The summed E-state index contributed by atoms with van der Waals surface area (Å²) in [7, 11) is 0. The fraction of sp³-hybridized carbons (Fsp3) is 0.0192. The zero-order valence-electron chi connectivity index (χ0n) is 58.8. The molecule has 0 aliphatic rings. The highest BCUT2D eigenvalue weighted by atomic mass is 14.7. The lowest BCUT2D eigenvalue weighted by Crippen LogP contribution is -1.74. The molecule has 6 nitrogen and oxygen atoms in total. The first-order valence-electron chi connectivity index (χ1n) is 33.6. The van der Waals surface area contributed by atoms with Crippen LogP contribution in [0.1, 0.15) is 47.2 Å². The molecule has 0 fully saturated rings. The minimum atomic E-state index is 0.537. The normalized spacial score (nSPS) is 9.22. The molecule has 7 aromatic carbocycles. The summed E-state index contributed by atoms with van der Waals surface area (Å²) in [6.45, 7) is 3.57. The molecule has 6 heteroatoms. The summed E-state index contributed by atoms with van der Waals surface area (Å²) in [5, 5.41) is 12.5. The molecule has 24 bridgehead atoms. The second-order valence-electron chi connectivity index (χ2n) is 23.7. The van der Waals surface area contributed by atoms with Crippen molar-refractivity contribution in [2.75, 3.05) is 0 Å². The van der Waals surface area contributed by atoms with Crippen molar-refractivity contribution in [2.24, 2.45) is 0 Å². The molecular weight excluding hydrogens is 1330 g/mol. The summed E-state index contributed by atoms with van der Waals surface area (Å²) < 4.78 is 0. The molecule has 0 N–H and O–H groups in total. The van der Waals surface area contributed by atoms with E-state index in [9.17, 15) is 0 Å². The number of terminal acetylenes is 4. The van der Waals surface area contributed by atoms with Gasteiger partial charge in [0.2, 0.25) is 0 Å². The van der Waals surface area contributed by atoms with Crippen LogP contribution in [0.25, 0.3) is 130 Å². The molecule has 0 spiro atoms. The van der Waals surface area contributed by atoms with E-state index in [1.54, 1.807) is 69.2 Å². The molecule has 0 amide bonds. The first kappa shape index (κ1) is 70.7. The van der Waals surface area contributed by atoms with E-state index in [1.165, 1.54) is 0 Å². The third-order valence-electron chi connectivity index (χ3n) is 15.5. The van der Waals surface area contributed by atoms with Gasteiger partial charge in [0.1, 0.15) is 33.1 Å². The fourth-order valence-corrected chi connectivity index (χ4v) is 10.3. The van der Waals surface area contributed by atoms with Crippen molar-refractivity contribution in [1.82, 2.24) is 29.9 Å². The van der Waals surface area contributed by atoms with Gasteiger partial charge in [-0.2, -0.15) is 0 Å². The molecule has 0 unspecified atom stereocenters. The number of hydrogen-bond donors (Lipinski definition) is 0. The second-order valence-corrected chi connectivity index (χ2v) is 23.7.